The third-order valence-corrected chi connectivity index (χ3v) is 3.21. The fraction of sp³-hybridized carbons (Fsp3) is 0.357. The van der Waals surface area contributed by atoms with Crippen LogP contribution in [0.4, 0.5) is 4.39 Å². The Bertz CT molecular complexity index is 514. The molecule has 1 aromatic carbocycles. The zero-order valence-electron chi connectivity index (χ0n) is 10.9. The number of benzene rings is 1. The van der Waals surface area contributed by atoms with Gasteiger partial charge in [0.05, 0.1) is 5.69 Å². The summed E-state index contributed by atoms with van der Waals surface area (Å²) in [4.78, 5) is 0. The number of rotatable bonds is 4. The molecule has 0 aliphatic carbocycles. The molecule has 0 aliphatic rings. The van der Waals surface area contributed by atoms with Crippen molar-refractivity contribution in [1.29, 1.82) is 0 Å². The monoisotopic (exact) mass is 247 g/mol. The van der Waals surface area contributed by atoms with Crippen LogP contribution in [0.3, 0.4) is 0 Å². The first-order valence-electron chi connectivity index (χ1n) is 6.07. The van der Waals surface area contributed by atoms with E-state index in [1.807, 2.05) is 26.8 Å². The van der Waals surface area contributed by atoms with Gasteiger partial charge in [0.2, 0.25) is 0 Å². The molecule has 0 saturated heterocycles. The summed E-state index contributed by atoms with van der Waals surface area (Å²) in [7, 11) is 0. The van der Waals surface area contributed by atoms with E-state index in [0.717, 1.165) is 23.5 Å². The summed E-state index contributed by atoms with van der Waals surface area (Å²) in [6.07, 6.45) is 0. The number of aromatic nitrogens is 2. The normalized spacial score (nSPS) is 12.7. The largest absolute Gasteiger partial charge is 0.306 e. The van der Waals surface area contributed by atoms with Gasteiger partial charge in [0.15, 0.2) is 0 Å². The van der Waals surface area contributed by atoms with Crippen molar-refractivity contribution in [3.8, 4) is 0 Å². The molecule has 0 amide bonds. The molecule has 0 bridgehead atoms. The molecular formula is C14H18FN3. The van der Waals surface area contributed by atoms with Crippen LogP contribution in [-0.2, 0) is 6.54 Å². The van der Waals surface area contributed by atoms with E-state index < -0.39 is 0 Å². The Morgan fingerprint density at radius 3 is 2.78 bits per heavy atom. The van der Waals surface area contributed by atoms with E-state index in [-0.39, 0.29) is 11.9 Å². The predicted molar refractivity (Wildman–Crippen MR) is 69.7 cm³/mol. The number of halogens is 1. The van der Waals surface area contributed by atoms with Gasteiger partial charge >= 0.3 is 0 Å². The van der Waals surface area contributed by atoms with Gasteiger partial charge in [-0.15, -0.1) is 0 Å². The van der Waals surface area contributed by atoms with Crippen LogP contribution in [0, 0.1) is 19.7 Å². The smallest absolute Gasteiger partial charge is 0.123 e. The number of hydrogen-bond acceptors (Lipinski definition) is 2. The number of nitrogens with zero attached hydrogens (tertiary/aromatic N) is 1. The summed E-state index contributed by atoms with van der Waals surface area (Å²) in [5, 5.41) is 10.5. The van der Waals surface area contributed by atoms with Gasteiger partial charge in [-0.25, -0.2) is 4.39 Å². The molecule has 3 nitrogen and oxygen atoms in total. The lowest BCUT2D eigenvalue weighted by Crippen LogP contribution is -2.18. The zero-order chi connectivity index (χ0) is 13.1. The van der Waals surface area contributed by atoms with Gasteiger partial charge in [0.25, 0.3) is 0 Å². The van der Waals surface area contributed by atoms with Crippen LogP contribution in [0.2, 0.25) is 0 Å². The van der Waals surface area contributed by atoms with Gasteiger partial charge in [-0.3, -0.25) is 5.10 Å². The molecule has 0 radical (unpaired) electrons. The summed E-state index contributed by atoms with van der Waals surface area (Å²) >= 11 is 0. The van der Waals surface area contributed by atoms with Crippen molar-refractivity contribution in [2.45, 2.75) is 33.4 Å². The van der Waals surface area contributed by atoms with Crippen molar-refractivity contribution >= 4 is 0 Å². The molecule has 0 saturated carbocycles. The summed E-state index contributed by atoms with van der Waals surface area (Å²) in [5.74, 6) is -0.197. The van der Waals surface area contributed by atoms with Crippen LogP contribution < -0.4 is 5.32 Å². The zero-order valence-corrected chi connectivity index (χ0v) is 10.9. The fourth-order valence-electron chi connectivity index (χ4n) is 1.98. The van der Waals surface area contributed by atoms with Crippen molar-refractivity contribution < 1.29 is 4.39 Å². The lowest BCUT2D eigenvalue weighted by atomic mass is 10.1. The van der Waals surface area contributed by atoms with E-state index in [0.29, 0.717) is 0 Å². The lowest BCUT2D eigenvalue weighted by Gasteiger charge is -2.14. The molecule has 96 valence electrons. The molecule has 2 N–H and O–H groups in total. The van der Waals surface area contributed by atoms with Crippen molar-refractivity contribution in [2.24, 2.45) is 0 Å². The third kappa shape index (κ3) is 2.76. The minimum atomic E-state index is -0.197. The second kappa shape index (κ2) is 5.31. The van der Waals surface area contributed by atoms with Gasteiger partial charge in [0, 0.05) is 23.8 Å². The summed E-state index contributed by atoms with van der Waals surface area (Å²) < 4.78 is 13.1. The molecule has 4 heteroatoms. The Morgan fingerprint density at radius 2 is 2.17 bits per heavy atom. The van der Waals surface area contributed by atoms with Crippen LogP contribution >= 0.6 is 0 Å². The maximum absolute atomic E-state index is 13.1. The summed E-state index contributed by atoms with van der Waals surface area (Å²) in [5.41, 5.74) is 4.21. The Morgan fingerprint density at radius 1 is 1.39 bits per heavy atom. The highest BCUT2D eigenvalue weighted by Gasteiger charge is 2.09. The van der Waals surface area contributed by atoms with Crippen LogP contribution in [0.25, 0.3) is 0 Å². The molecule has 1 heterocycles. The molecule has 0 fully saturated rings. The van der Waals surface area contributed by atoms with Crippen LogP contribution in [0.1, 0.15) is 35.5 Å². The summed E-state index contributed by atoms with van der Waals surface area (Å²) in [6.45, 7) is 6.74. The van der Waals surface area contributed by atoms with Crippen molar-refractivity contribution in [2.75, 3.05) is 0 Å². The third-order valence-electron chi connectivity index (χ3n) is 3.21. The van der Waals surface area contributed by atoms with E-state index in [1.54, 1.807) is 12.1 Å². The predicted octanol–water partition coefficient (Wildman–Crippen LogP) is 3.02. The number of hydrogen-bond donors (Lipinski definition) is 2. The molecule has 18 heavy (non-hydrogen) atoms. The molecule has 2 aromatic rings. The fourth-order valence-corrected chi connectivity index (χ4v) is 1.98. The molecule has 0 unspecified atom stereocenters. The van der Waals surface area contributed by atoms with Crippen LogP contribution in [0.15, 0.2) is 24.3 Å². The maximum Gasteiger partial charge on any atom is 0.123 e. The Labute approximate surface area is 106 Å². The standard InChI is InChI=1S/C14H18FN3/c1-9(12-5-4-6-13(15)7-12)16-8-14-10(2)17-18-11(14)3/h4-7,9,16H,8H2,1-3H3,(H,17,18)/t9-/m1/s1. The SMILES string of the molecule is Cc1n[nH]c(C)c1CN[C@H](C)c1cccc(F)c1. The molecule has 0 aliphatic heterocycles. The minimum absolute atomic E-state index is 0.106. The van der Waals surface area contributed by atoms with Crippen LogP contribution in [-0.4, -0.2) is 10.2 Å². The topological polar surface area (TPSA) is 40.7 Å². The first-order valence-corrected chi connectivity index (χ1v) is 6.07. The van der Waals surface area contributed by atoms with E-state index in [9.17, 15) is 4.39 Å². The second-order valence-corrected chi connectivity index (χ2v) is 4.57. The van der Waals surface area contributed by atoms with Crippen molar-refractivity contribution in [3.05, 3.63) is 52.6 Å². The van der Waals surface area contributed by atoms with E-state index in [1.165, 1.54) is 11.6 Å². The lowest BCUT2D eigenvalue weighted by molar-refractivity contribution is 0.563. The second-order valence-electron chi connectivity index (χ2n) is 4.57. The average Bonchev–Trinajstić information content (AvgIpc) is 2.66. The Kier molecular flexibility index (Phi) is 3.77. The van der Waals surface area contributed by atoms with E-state index >= 15 is 0 Å². The Balaban J connectivity index is 2.02. The summed E-state index contributed by atoms with van der Waals surface area (Å²) in [6, 6.07) is 6.79. The molecule has 1 atom stereocenters. The first-order chi connectivity index (χ1) is 8.58. The first kappa shape index (κ1) is 12.8. The molecule has 2 rings (SSSR count). The molecule has 0 spiro atoms. The minimum Gasteiger partial charge on any atom is -0.306 e. The van der Waals surface area contributed by atoms with Gasteiger partial charge in [-0.2, -0.15) is 5.10 Å². The van der Waals surface area contributed by atoms with Crippen LogP contribution in [0.5, 0.6) is 0 Å². The number of H-pyrrole nitrogens is 1. The van der Waals surface area contributed by atoms with Gasteiger partial charge in [0.1, 0.15) is 5.82 Å². The molecule has 1 aromatic heterocycles. The van der Waals surface area contributed by atoms with Crippen molar-refractivity contribution in [1.82, 2.24) is 15.5 Å². The number of aryl methyl sites for hydroxylation is 2. The highest BCUT2D eigenvalue weighted by atomic mass is 19.1. The highest BCUT2D eigenvalue weighted by molar-refractivity contribution is 5.24. The maximum atomic E-state index is 13.1. The van der Waals surface area contributed by atoms with Gasteiger partial charge in [-0.05, 0) is 38.5 Å². The van der Waals surface area contributed by atoms with Gasteiger partial charge in [-0.1, -0.05) is 12.1 Å². The average molecular weight is 247 g/mol. The van der Waals surface area contributed by atoms with E-state index in [4.69, 9.17) is 0 Å². The van der Waals surface area contributed by atoms with E-state index in [2.05, 4.69) is 15.5 Å². The number of aromatic amines is 1. The highest BCUT2D eigenvalue weighted by Crippen LogP contribution is 2.15. The quantitative estimate of drug-likeness (QED) is 0.872. The van der Waals surface area contributed by atoms with Gasteiger partial charge < -0.3 is 5.32 Å². The number of nitrogens with one attached hydrogen (secondary N) is 2. The Hall–Kier alpha value is -1.68. The molecular weight excluding hydrogens is 229 g/mol. The van der Waals surface area contributed by atoms with Crippen molar-refractivity contribution in [3.63, 3.8) is 0 Å².